The number of nitrogens with two attached hydrogens (primary N) is 1. The second-order valence-electron chi connectivity index (χ2n) is 2.90. The van der Waals surface area contributed by atoms with Crippen molar-refractivity contribution >= 4 is 16.1 Å². The zero-order valence-electron chi connectivity index (χ0n) is 7.35. The van der Waals surface area contributed by atoms with Crippen molar-refractivity contribution in [1.82, 2.24) is 10.6 Å². The summed E-state index contributed by atoms with van der Waals surface area (Å²) in [6.45, 7) is 0. The SMILES string of the molecule is COC1(N)CC(S(=O)(=O)O)NC(=O)N1. The largest absolute Gasteiger partial charge is 0.346 e. The molecular weight excluding hydrogens is 214 g/mol. The van der Waals surface area contributed by atoms with Crippen LogP contribution in [0, 0.1) is 0 Å². The fraction of sp³-hybridized carbons (Fsp3) is 0.800. The van der Waals surface area contributed by atoms with Crippen molar-refractivity contribution in [2.45, 2.75) is 17.6 Å². The number of urea groups is 1. The van der Waals surface area contributed by atoms with Gasteiger partial charge in [-0.25, -0.2) is 4.79 Å². The van der Waals surface area contributed by atoms with Crippen molar-refractivity contribution in [2.24, 2.45) is 5.73 Å². The molecule has 2 amide bonds. The maximum atomic E-state index is 10.9. The fourth-order valence-corrected chi connectivity index (χ4v) is 1.78. The van der Waals surface area contributed by atoms with Gasteiger partial charge in [-0.05, 0) is 0 Å². The number of hydrogen-bond acceptors (Lipinski definition) is 5. The summed E-state index contributed by atoms with van der Waals surface area (Å²) in [7, 11) is -3.16. The topological polar surface area (TPSA) is 131 Å². The third-order valence-corrected chi connectivity index (χ3v) is 2.83. The maximum Gasteiger partial charge on any atom is 0.319 e. The van der Waals surface area contributed by atoms with Crippen molar-refractivity contribution in [2.75, 3.05) is 7.11 Å². The Labute approximate surface area is 80.5 Å². The van der Waals surface area contributed by atoms with Gasteiger partial charge in [-0.2, -0.15) is 8.42 Å². The van der Waals surface area contributed by atoms with E-state index in [-0.39, 0.29) is 6.42 Å². The van der Waals surface area contributed by atoms with Gasteiger partial charge < -0.3 is 10.1 Å². The average Bonchev–Trinajstić information content (AvgIpc) is 2.01. The molecule has 1 heterocycles. The highest BCUT2D eigenvalue weighted by Crippen LogP contribution is 2.15. The van der Waals surface area contributed by atoms with Crippen molar-refractivity contribution < 1.29 is 22.5 Å². The Balaban J connectivity index is 2.89. The van der Waals surface area contributed by atoms with Crippen LogP contribution in [0.2, 0.25) is 0 Å². The van der Waals surface area contributed by atoms with Gasteiger partial charge in [0.05, 0.1) is 0 Å². The minimum absolute atomic E-state index is 0.284. The predicted octanol–water partition coefficient (Wildman–Crippen LogP) is -1.84. The van der Waals surface area contributed by atoms with Gasteiger partial charge in [-0.1, -0.05) is 0 Å². The van der Waals surface area contributed by atoms with E-state index in [0.717, 1.165) is 0 Å². The minimum Gasteiger partial charge on any atom is -0.346 e. The van der Waals surface area contributed by atoms with E-state index in [4.69, 9.17) is 15.0 Å². The first kappa shape index (κ1) is 11.2. The van der Waals surface area contributed by atoms with Crippen molar-refractivity contribution in [1.29, 1.82) is 0 Å². The third kappa shape index (κ3) is 2.32. The molecule has 1 rings (SSSR count). The molecular formula is C5H11N3O5S. The van der Waals surface area contributed by atoms with Crippen LogP contribution < -0.4 is 16.4 Å². The molecule has 0 bridgehead atoms. The maximum absolute atomic E-state index is 10.9. The summed E-state index contributed by atoms with van der Waals surface area (Å²) in [6.07, 6.45) is -0.284. The Morgan fingerprint density at radius 2 is 2.29 bits per heavy atom. The Morgan fingerprint density at radius 3 is 2.71 bits per heavy atom. The molecule has 0 saturated carbocycles. The monoisotopic (exact) mass is 225 g/mol. The molecule has 0 aromatic rings. The smallest absolute Gasteiger partial charge is 0.319 e. The summed E-state index contributed by atoms with van der Waals surface area (Å²) in [5, 5.41) is 2.72. The number of carbonyl (C=O) groups is 1. The summed E-state index contributed by atoms with van der Waals surface area (Å²) >= 11 is 0. The quantitative estimate of drug-likeness (QED) is 0.322. The highest BCUT2D eigenvalue weighted by atomic mass is 32.2. The van der Waals surface area contributed by atoms with Crippen LogP contribution in [-0.2, 0) is 14.9 Å². The first-order valence-electron chi connectivity index (χ1n) is 3.66. The zero-order valence-corrected chi connectivity index (χ0v) is 8.17. The number of hydrogen-bond donors (Lipinski definition) is 4. The highest BCUT2D eigenvalue weighted by molar-refractivity contribution is 7.86. The number of ether oxygens (including phenoxy) is 1. The molecule has 0 radical (unpaired) electrons. The molecule has 0 spiro atoms. The number of nitrogens with one attached hydrogen (secondary N) is 2. The molecule has 0 aromatic carbocycles. The molecule has 14 heavy (non-hydrogen) atoms. The summed E-state index contributed by atoms with van der Waals surface area (Å²) in [6, 6.07) is -0.816. The number of amides is 2. The van der Waals surface area contributed by atoms with E-state index in [2.05, 4.69) is 5.32 Å². The Morgan fingerprint density at radius 1 is 1.71 bits per heavy atom. The minimum atomic E-state index is -4.37. The normalized spacial score (nSPS) is 33.4. The van der Waals surface area contributed by atoms with Gasteiger partial charge in [0.2, 0.25) is 0 Å². The molecule has 5 N–H and O–H groups in total. The molecule has 1 fully saturated rings. The lowest BCUT2D eigenvalue weighted by molar-refractivity contribution is -0.0411. The first-order chi connectivity index (χ1) is 6.27. The lowest BCUT2D eigenvalue weighted by Gasteiger charge is -2.36. The predicted molar refractivity (Wildman–Crippen MR) is 45.5 cm³/mol. The first-order valence-corrected chi connectivity index (χ1v) is 5.16. The van der Waals surface area contributed by atoms with E-state index in [1.807, 2.05) is 5.32 Å². The molecule has 0 aromatic heterocycles. The Kier molecular flexibility index (Phi) is 2.67. The van der Waals surface area contributed by atoms with E-state index in [1.54, 1.807) is 0 Å². The standard InChI is InChI=1S/C5H11N3O5S/c1-13-5(6)2-3(14(10,11)12)7-4(9)8-5/h3H,2,6H2,1H3,(H2,7,8,9)(H,10,11,12). The number of rotatable bonds is 2. The zero-order chi connectivity index (χ0) is 11.0. The summed E-state index contributed by atoms with van der Waals surface area (Å²) in [5.41, 5.74) is 5.47. The fourth-order valence-electron chi connectivity index (χ4n) is 1.07. The average molecular weight is 225 g/mol. The summed E-state index contributed by atoms with van der Waals surface area (Å²) in [4.78, 5) is 10.9. The molecule has 1 aliphatic rings. The van der Waals surface area contributed by atoms with Crippen molar-refractivity contribution in [3.05, 3.63) is 0 Å². The number of carbonyl (C=O) groups excluding carboxylic acids is 1. The Bertz CT molecular complexity index is 341. The number of methoxy groups -OCH3 is 1. The second-order valence-corrected chi connectivity index (χ2v) is 4.50. The van der Waals surface area contributed by atoms with Crippen LogP contribution in [0.5, 0.6) is 0 Å². The van der Waals surface area contributed by atoms with Crippen molar-refractivity contribution in [3.63, 3.8) is 0 Å². The van der Waals surface area contributed by atoms with E-state index in [1.165, 1.54) is 7.11 Å². The van der Waals surface area contributed by atoms with Gasteiger partial charge in [0, 0.05) is 13.5 Å². The summed E-state index contributed by atoms with van der Waals surface area (Å²) < 4.78 is 34.9. The van der Waals surface area contributed by atoms with Crippen molar-refractivity contribution in [3.8, 4) is 0 Å². The van der Waals surface area contributed by atoms with Crippen LogP contribution in [0.15, 0.2) is 0 Å². The lowest BCUT2D eigenvalue weighted by Crippen LogP contribution is -2.68. The van der Waals surface area contributed by atoms with Gasteiger partial charge in [0.15, 0.2) is 11.2 Å². The molecule has 1 aliphatic heterocycles. The van der Waals surface area contributed by atoms with E-state index in [9.17, 15) is 13.2 Å². The third-order valence-electron chi connectivity index (χ3n) is 1.83. The summed E-state index contributed by atoms with van der Waals surface area (Å²) in [5.74, 6) is -1.58. The van der Waals surface area contributed by atoms with Gasteiger partial charge in [-0.15, -0.1) is 0 Å². The van der Waals surface area contributed by atoms with E-state index in [0.29, 0.717) is 0 Å². The van der Waals surface area contributed by atoms with Crippen LogP contribution in [0.25, 0.3) is 0 Å². The molecule has 9 heteroatoms. The molecule has 82 valence electrons. The van der Waals surface area contributed by atoms with Crippen LogP contribution in [0.1, 0.15) is 6.42 Å². The van der Waals surface area contributed by atoms with Crippen LogP contribution >= 0.6 is 0 Å². The Hall–Kier alpha value is -0.900. The molecule has 2 atom stereocenters. The van der Waals surface area contributed by atoms with Gasteiger partial charge in [0.25, 0.3) is 10.1 Å². The van der Waals surface area contributed by atoms with Gasteiger partial charge in [0.1, 0.15) is 0 Å². The van der Waals surface area contributed by atoms with E-state index >= 15 is 0 Å². The highest BCUT2D eigenvalue weighted by Gasteiger charge is 2.41. The van der Waals surface area contributed by atoms with Crippen LogP contribution in [0.3, 0.4) is 0 Å². The second kappa shape index (κ2) is 3.35. The molecule has 1 saturated heterocycles. The molecule has 2 unspecified atom stereocenters. The lowest BCUT2D eigenvalue weighted by atomic mass is 10.2. The van der Waals surface area contributed by atoms with E-state index < -0.39 is 27.4 Å². The van der Waals surface area contributed by atoms with Gasteiger partial charge >= 0.3 is 6.03 Å². The molecule has 0 aliphatic carbocycles. The van der Waals surface area contributed by atoms with Gasteiger partial charge in [-0.3, -0.25) is 15.6 Å². The van der Waals surface area contributed by atoms with Crippen LogP contribution in [0.4, 0.5) is 4.79 Å². The van der Waals surface area contributed by atoms with Crippen LogP contribution in [-0.4, -0.2) is 37.3 Å². The molecule has 8 nitrogen and oxygen atoms in total.